The van der Waals surface area contributed by atoms with Crippen molar-refractivity contribution in [2.24, 2.45) is 0 Å². The van der Waals surface area contributed by atoms with Gasteiger partial charge in [-0.15, -0.1) is 0 Å². The summed E-state index contributed by atoms with van der Waals surface area (Å²) in [5.41, 5.74) is 0.886. The highest BCUT2D eigenvalue weighted by Gasteiger charge is 2.15. The maximum absolute atomic E-state index is 11.1. The highest BCUT2D eigenvalue weighted by molar-refractivity contribution is 8.00. The molecular formula is C15H21NO3S2. The average Bonchev–Trinajstić information content (AvgIpc) is 2.84. The number of furan rings is 1. The SMILES string of the molecule is CCNC(CSCCS(C)(=O)=O)c1cc2ccccc2o1. The molecule has 0 saturated carbocycles. The van der Waals surface area contributed by atoms with Gasteiger partial charge in [-0.1, -0.05) is 25.1 Å². The Hall–Kier alpha value is -0.980. The summed E-state index contributed by atoms with van der Waals surface area (Å²) in [6.07, 6.45) is 1.27. The first-order valence-electron chi connectivity index (χ1n) is 6.97. The van der Waals surface area contributed by atoms with E-state index in [1.165, 1.54) is 6.26 Å². The van der Waals surface area contributed by atoms with Crippen LogP contribution < -0.4 is 5.32 Å². The normalized spacial score (nSPS) is 13.6. The second-order valence-corrected chi connectivity index (χ2v) is 8.41. The third-order valence-corrected chi connectivity index (χ3v) is 5.39. The van der Waals surface area contributed by atoms with Crippen LogP contribution in [0.3, 0.4) is 0 Å². The van der Waals surface area contributed by atoms with E-state index in [9.17, 15) is 8.42 Å². The van der Waals surface area contributed by atoms with Crippen molar-refractivity contribution in [3.63, 3.8) is 0 Å². The molecule has 4 nitrogen and oxygen atoms in total. The van der Waals surface area contributed by atoms with Crippen LogP contribution in [0.5, 0.6) is 0 Å². The molecule has 1 unspecified atom stereocenters. The maximum atomic E-state index is 11.1. The van der Waals surface area contributed by atoms with E-state index in [1.807, 2.05) is 24.3 Å². The molecule has 1 aromatic heterocycles. The Bertz CT molecular complexity index is 646. The van der Waals surface area contributed by atoms with Crippen molar-refractivity contribution < 1.29 is 12.8 Å². The highest BCUT2D eigenvalue weighted by Crippen LogP contribution is 2.26. The summed E-state index contributed by atoms with van der Waals surface area (Å²) in [6.45, 7) is 2.89. The summed E-state index contributed by atoms with van der Waals surface area (Å²) >= 11 is 1.63. The molecule has 116 valence electrons. The quantitative estimate of drug-likeness (QED) is 0.756. The van der Waals surface area contributed by atoms with E-state index in [-0.39, 0.29) is 11.8 Å². The number of para-hydroxylation sites is 1. The minimum absolute atomic E-state index is 0.104. The molecule has 1 N–H and O–H groups in total. The second-order valence-electron chi connectivity index (χ2n) is 5.00. The largest absolute Gasteiger partial charge is 0.459 e. The average molecular weight is 327 g/mol. The van der Waals surface area contributed by atoms with Crippen molar-refractivity contribution in [1.29, 1.82) is 0 Å². The summed E-state index contributed by atoms with van der Waals surface area (Å²) < 4.78 is 28.2. The van der Waals surface area contributed by atoms with Crippen LogP contribution in [0.15, 0.2) is 34.7 Å². The number of fused-ring (bicyclic) bond motifs is 1. The van der Waals surface area contributed by atoms with E-state index in [0.717, 1.165) is 29.0 Å². The molecule has 1 aromatic carbocycles. The van der Waals surface area contributed by atoms with Crippen LogP contribution in [0.2, 0.25) is 0 Å². The fraction of sp³-hybridized carbons (Fsp3) is 0.467. The number of nitrogens with one attached hydrogen (secondary N) is 1. The van der Waals surface area contributed by atoms with Gasteiger partial charge in [0, 0.05) is 23.1 Å². The lowest BCUT2D eigenvalue weighted by molar-refractivity contribution is 0.464. The van der Waals surface area contributed by atoms with E-state index in [1.54, 1.807) is 11.8 Å². The zero-order chi connectivity index (χ0) is 15.3. The van der Waals surface area contributed by atoms with Crippen LogP contribution in [0.1, 0.15) is 18.7 Å². The Morgan fingerprint density at radius 2 is 2.10 bits per heavy atom. The summed E-state index contributed by atoms with van der Waals surface area (Å²) in [4.78, 5) is 0. The molecule has 0 bridgehead atoms. The van der Waals surface area contributed by atoms with Gasteiger partial charge in [0.1, 0.15) is 21.2 Å². The summed E-state index contributed by atoms with van der Waals surface area (Å²) in [5.74, 6) is 2.53. The molecule has 0 aliphatic carbocycles. The summed E-state index contributed by atoms with van der Waals surface area (Å²) in [7, 11) is -2.88. The molecule has 21 heavy (non-hydrogen) atoms. The third kappa shape index (κ3) is 5.05. The van der Waals surface area contributed by atoms with Gasteiger partial charge in [-0.3, -0.25) is 0 Å². The second kappa shape index (κ2) is 7.33. The highest BCUT2D eigenvalue weighted by atomic mass is 32.2. The molecule has 0 aliphatic rings. The molecule has 0 amide bonds. The van der Waals surface area contributed by atoms with Crippen molar-refractivity contribution in [2.75, 3.05) is 30.1 Å². The number of thioether (sulfide) groups is 1. The van der Waals surface area contributed by atoms with Gasteiger partial charge in [0.25, 0.3) is 0 Å². The lowest BCUT2D eigenvalue weighted by Crippen LogP contribution is -2.23. The third-order valence-electron chi connectivity index (χ3n) is 3.12. The predicted molar refractivity (Wildman–Crippen MR) is 89.7 cm³/mol. The van der Waals surface area contributed by atoms with Gasteiger partial charge >= 0.3 is 0 Å². The minimum atomic E-state index is -2.88. The molecule has 0 saturated heterocycles. The molecule has 1 heterocycles. The van der Waals surface area contributed by atoms with Gasteiger partial charge in [-0.05, 0) is 18.7 Å². The molecule has 2 aromatic rings. The predicted octanol–water partition coefficient (Wildman–Crippen LogP) is 2.86. The monoisotopic (exact) mass is 327 g/mol. The number of benzene rings is 1. The Morgan fingerprint density at radius 3 is 2.76 bits per heavy atom. The fourth-order valence-electron chi connectivity index (χ4n) is 2.07. The van der Waals surface area contributed by atoms with Crippen LogP contribution in [0, 0.1) is 0 Å². The maximum Gasteiger partial charge on any atom is 0.148 e. The summed E-state index contributed by atoms with van der Waals surface area (Å²) in [6, 6.07) is 10.1. The van der Waals surface area contributed by atoms with E-state index in [4.69, 9.17) is 4.42 Å². The topological polar surface area (TPSA) is 59.3 Å². The molecule has 0 radical (unpaired) electrons. The van der Waals surface area contributed by atoms with E-state index >= 15 is 0 Å². The van der Waals surface area contributed by atoms with E-state index in [0.29, 0.717) is 5.75 Å². The number of sulfone groups is 1. The molecule has 0 spiro atoms. The van der Waals surface area contributed by atoms with Crippen molar-refractivity contribution in [2.45, 2.75) is 13.0 Å². The number of hydrogen-bond acceptors (Lipinski definition) is 5. The first-order chi connectivity index (χ1) is 9.99. The lowest BCUT2D eigenvalue weighted by atomic mass is 10.2. The smallest absolute Gasteiger partial charge is 0.148 e. The Morgan fingerprint density at radius 1 is 1.33 bits per heavy atom. The summed E-state index contributed by atoms with van der Waals surface area (Å²) in [5, 5.41) is 4.49. The standard InChI is InChI=1S/C15H21NO3S2/c1-3-16-13(11-20-8-9-21(2,17)18)15-10-12-6-4-5-7-14(12)19-15/h4-7,10,13,16H,3,8-9,11H2,1-2H3. The van der Waals surface area contributed by atoms with Crippen LogP contribution in [-0.2, 0) is 9.84 Å². The first-order valence-corrected chi connectivity index (χ1v) is 10.2. The Labute approximate surface area is 130 Å². The fourth-order valence-corrected chi connectivity index (χ4v) is 4.44. The van der Waals surface area contributed by atoms with Crippen molar-refractivity contribution in [1.82, 2.24) is 5.32 Å². The van der Waals surface area contributed by atoms with E-state index in [2.05, 4.69) is 18.3 Å². The van der Waals surface area contributed by atoms with Crippen molar-refractivity contribution in [3.05, 3.63) is 36.1 Å². The molecule has 1 atom stereocenters. The van der Waals surface area contributed by atoms with Crippen molar-refractivity contribution >= 4 is 32.6 Å². The Balaban J connectivity index is 2.01. The molecule has 0 fully saturated rings. The minimum Gasteiger partial charge on any atom is -0.459 e. The van der Waals surface area contributed by atoms with Crippen molar-refractivity contribution in [3.8, 4) is 0 Å². The molecule has 2 rings (SSSR count). The zero-order valence-corrected chi connectivity index (χ0v) is 14.0. The van der Waals surface area contributed by atoms with Gasteiger partial charge in [0.15, 0.2) is 0 Å². The molecular weight excluding hydrogens is 306 g/mol. The number of hydrogen-bond donors (Lipinski definition) is 1. The lowest BCUT2D eigenvalue weighted by Gasteiger charge is -2.14. The Kier molecular flexibility index (Phi) is 5.72. The van der Waals surface area contributed by atoms with Crippen LogP contribution in [-0.4, -0.2) is 38.5 Å². The van der Waals surface area contributed by atoms with Crippen LogP contribution in [0.4, 0.5) is 0 Å². The van der Waals surface area contributed by atoms with Gasteiger partial charge in [0.05, 0.1) is 11.8 Å². The number of rotatable bonds is 8. The van der Waals surface area contributed by atoms with Gasteiger partial charge in [0.2, 0.25) is 0 Å². The molecule has 0 aliphatic heterocycles. The zero-order valence-electron chi connectivity index (χ0n) is 12.3. The van der Waals surface area contributed by atoms with Crippen LogP contribution in [0.25, 0.3) is 11.0 Å². The first kappa shape index (κ1) is 16.4. The van der Waals surface area contributed by atoms with Crippen LogP contribution >= 0.6 is 11.8 Å². The van der Waals surface area contributed by atoms with E-state index < -0.39 is 9.84 Å². The molecule has 6 heteroatoms. The van der Waals surface area contributed by atoms with Gasteiger partial charge < -0.3 is 9.73 Å². The van der Waals surface area contributed by atoms with Gasteiger partial charge in [-0.25, -0.2) is 8.42 Å². The van der Waals surface area contributed by atoms with Gasteiger partial charge in [-0.2, -0.15) is 11.8 Å².